The van der Waals surface area contributed by atoms with Crippen molar-refractivity contribution in [1.82, 2.24) is 15.3 Å². The molecule has 2 N–H and O–H groups in total. The topological polar surface area (TPSA) is 66.9 Å². The molecule has 1 aliphatic rings. The quantitative estimate of drug-likeness (QED) is 0.694. The van der Waals surface area contributed by atoms with E-state index in [9.17, 15) is 9.18 Å². The van der Waals surface area contributed by atoms with E-state index in [1.165, 1.54) is 36.9 Å². The Balaban J connectivity index is 1.45. The van der Waals surface area contributed by atoms with E-state index in [-0.39, 0.29) is 11.7 Å². The number of aromatic nitrogens is 2. The van der Waals surface area contributed by atoms with Crippen molar-refractivity contribution in [3.05, 3.63) is 65.4 Å². The fourth-order valence-electron chi connectivity index (χ4n) is 3.12. The van der Waals surface area contributed by atoms with Crippen LogP contribution in [0.15, 0.2) is 48.3 Å². The Hall–Kier alpha value is -2.76. The van der Waals surface area contributed by atoms with E-state index in [0.29, 0.717) is 24.6 Å². The van der Waals surface area contributed by atoms with Crippen LogP contribution in [0.5, 0.6) is 0 Å². The van der Waals surface area contributed by atoms with Gasteiger partial charge in [0.25, 0.3) is 5.91 Å². The van der Waals surface area contributed by atoms with Gasteiger partial charge in [0.05, 0.1) is 0 Å². The van der Waals surface area contributed by atoms with Gasteiger partial charge >= 0.3 is 0 Å². The number of nitrogens with one attached hydrogen (secondary N) is 2. The smallest absolute Gasteiger partial charge is 0.270 e. The first-order valence-corrected chi connectivity index (χ1v) is 9.47. The number of hydrogen-bond donors (Lipinski definition) is 2. The first-order chi connectivity index (χ1) is 13.2. The van der Waals surface area contributed by atoms with E-state index in [2.05, 4.69) is 26.7 Å². The van der Waals surface area contributed by atoms with Crippen LogP contribution < -0.4 is 10.6 Å². The number of amides is 1. The molecule has 0 spiro atoms. The Morgan fingerprint density at radius 1 is 1.07 bits per heavy atom. The largest absolute Gasteiger partial charge is 0.370 e. The van der Waals surface area contributed by atoms with Crippen LogP contribution >= 0.6 is 0 Å². The maximum absolute atomic E-state index is 12.9. The van der Waals surface area contributed by atoms with E-state index < -0.39 is 0 Å². The fourth-order valence-corrected chi connectivity index (χ4v) is 3.12. The molecular weight excluding hydrogens is 343 g/mol. The second-order valence-corrected chi connectivity index (χ2v) is 6.71. The Kier molecular flexibility index (Phi) is 6.90. The maximum Gasteiger partial charge on any atom is 0.270 e. The molecule has 0 aliphatic heterocycles. The van der Waals surface area contributed by atoms with Crippen LogP contribution in [0.4, 0.5) is 10.2 Å². The molecule has 0 bridgehead atoms. The first-order valence-electron chi connectivity index (χ1n) is 9.47. The summed E-state index contributed by atoms with van der Waals surface area (Å²) in [4.78, 5) is 20.5. The highest BCUT2D eigenvalue weighted by Gasteiger charge is 2.09. The van der Waals surface area contributed by atoms with Gasteiger partial charge in [-0.25, -0.2) is 14.4 Å². The van der Waals surface area contributed by atoms with E-state index in [4.69, 9.17) is 0 Å². The molecule has 0 atom stereocenters. The summed E-state index contributed by atoms with van der Waals surface area (Å²) in [5.74, 6) is 0.181. The van der Waals surface area contributed by atoms with E-state index in [1.807, 2.05) is 0 Å². The first kappa shape index (κ1) is 19.0. The second kappa shape index (κ2) is 9.80. The number of nitrogens with zero attached hydrogens (tertiary/aromatic N) is 2. The number of anilines is 1. The van der Waals surface area contributed by atoms with Crippen molar-refractivity contribution >= 4 is 11.7 Å². The summed E-state index contributed by atoms with van der Waals surface area (Å²) in [6, 6.07) is 8.08. The number of benzene rings is 1. The molecule has 5 nitrogen and oxygen atoms in total. The molecule has 3 rings (SSSR count). The molecule has 142 valence electrons. The van der Waals surface area contributed by atoms with Gasteiger partial charge in [-0.1, -0.05) is 23.8 Å². The van der Waals surface area contributed by atoms with Crippen LogP contribution in [0.1, 0.15) is 48.2 Å². The van der Waals surface area contributed by atoms with Gasteiger partial charge in [0.1, 0.15) is 23.7 Å². The number of halogens is 1. The van der Waals surface area contributed by atoms with Crippen LogP contribution in [0.2, 0.25) is 0 Å². The van der Waals surface area contributed by atoms with Crippen molar-refractivity contribution in [1.29, 1.82) is 0 Å². The van der Waals surface area contributed by atoms with Crippen molar-refractivity contribution in [2.75, 3.05) is 18.4 Å². The summed E-state index contributed by atoms with van der Waals surface area (Å²) in [5.41, 5.74) is 2.83. The summed E-state index contributed by atoms with van der Waals surface area (Å²) in [6.45, 7) is 1.26. The van der Waals surface area contributed by atoms with Crippen molar-refractivity contribution < 1.29 is 9.18 Å². The minimum absolute atomic E-state index is 0.185. The van der Waals surface area contributed by atoms with Gasteiger partial charge < -0.3 is 10.6 Å². The average molecular weight is 368 g/mol. The third-order valence-corrected chi connectivity index (χ3v) is 4.65. The zero-order valence-corrected chi connectivity index (χ0v) is 15.4. The maximum atomic E-state index is 12.9. The summed E-state index contributed by atoms with van der Waals surface area (Å²) < 4.78 is 12.9. The predicted molar refractivity (Wildman–Crippen MR) is 104 cm³/mol. The number of carbonyl (C=O) groups is 1. The molecule has 0 saturated heterocycles. The zero-order chi connectivity index (χ0) is 18.9. The van der Waals surface area contributed by atoms with Gasteiger partial charge in [-0.05, 0) is 56.2 Å². The van der Waals surface area contributed by atoms with E-state index in [1.54, 1.807) is 18.2 Å². The minimum Gasteiger partial charge on any atom is -0.370 e. The van der Waals surface area contributed by atoms with Crippen LogP contribution in [0.25, 0.3) is 0 Å². The summed E-state index contributed by atoms with van der Waals surface area (Å²) in [7, 11) is 0. The fraction of sp³-hybridized carbons (Fsp3) is 0.381. The Morgan fingerprint density at radius 2 is 1.93 bits per heavy atom. The van der Waals surface area contributed by atoms with Crippen molar-refractivity contribution in [2.24, 2.45) is 0 Å². The van der Waals surface area contributed by atoms with Crippen molar-refractivity contribution in [3.8, 4) is 0 Å². The normalized spacial score (nSPS) is 13.7. The number of allylic oxidation sites excluding steroid dienone is 1. The van der Waals surface area contributed by atoms with E-state index >= 15 is 0 Å². The SMILES string of the molecule is O=C(NCCC1=CCCCC1)c1cc(NCCc2ccc(F)cc2)ncn1. The lowest BCUT2D eigenvalue weighted by atomic mass is 9.97. The van der Waals surface area contributed by atoms with Crippen molar-refractivity contribution in [3.63, 3.8) is 0 Å². The highest BCUT2D eigenvalue weighted by atomic mass is 19.1. The van der Waals surface area contributed by atoms with Gasteiger partial charge in [-0.2, -0.15) is 0 Å². The van der Waals surface area contributed by atoms with E-state index in [0.717, 1.165) is 31.2 Å². The Bertz CT molecular complexity index is 789. The molecule has 0 saturated carbocycles. The summed E-state index contributed by atoms with van der Waals surface area (Å²) >= 11 is 0. The standard InChI is InChI=1S/C21H25FN4O/c22-18-8-6-17(7-9-18)10-12-23-20-14-19(25-15-26-20)21(27)24-13-11-16-4-2-1-3-5-16/h4,6-9,14-15H,1-3,5,10-13H2,(H,24,27)(H,23,25,26). The van der Waals surface area contributed by atoms with Crippen LogP contribution in [-0.2, 0) is 6.42 Å². The lowest BCUT2D eigenvalue weighted by Crippen LogP contribution is -2.26. The third-order valence-electron chi connectivity index (χ3n) is 4.65. The molecule has 27 heavy (non-hydrogen) atoms. The minimum atomic E-state index is -0.238. The lowest BCUT2D eigenvalue weighted by Gasteiger charge is -2.13. The molecule has 1 aliphatic carbocycles. The predicted octanol–water partition coefficient (Wildman–Crippen LogP) is 3.89. The zero-order valence-electron chi connectivity index (χ0n) is 15.4. The molecule has 1 aromatic heterocycles. The number of carbonyl (C=O) groups excluding carboxylic acids is 1. The average Bonchev–Trinajstić information content (AvgIpc) is 2.70. The molecule has 0 radical (unpaired) electrons. The van der Waals surface area contributed by atoms with Gasteiger partial charge in [0.15, 0.2) is 0 Å². The lowest BCUT2D eigenvalue weighted by molar-refractivity contribution is 0.0949. The van der Waals surface area contributed by atoms with Crippen LogP contribution in [0, 0.1) is 5.82 Å². The van der Waals surface area contributed by atoms with Gasteiger partial charge in [0, 0.05) is 19.2 Å². The Morgan fingerprint density at radius 3 is 2.70 bits per heavy atom. The molecule has 0 fully saturated rings. The molecule has 2 aromatic rings. The number of rotatable bonds is 8. The van der Waals surface area contributed by atoms with Gasteiger partial charge in [0.2, 0.25) is 0 Å². The molecule has 1 heterocycles. The summed E-state index contributed by atoms with van der Waals surface area (Å²) in [6.07, 6.45) is 10.1. The molecule has 6 heteroatoms. The molecular formula is C21H25FN4O. The molecule has 0 unspecified atom stereocenters. The van der Waals surface area contributed by atoms with Crippen LogP contribution in [-0.4, -0.2) is 29.0 Å². The van der Waals surface area contributed by atoms with Crippen LogP contribution in [0.3, 0.4) is 0 Å². The summed E-state index contributed by atoms with van der Waals surface area (Å²) in [5, 5.41) is 6.10. The third kappa shape index (κ3) is 6.16. The monoisotopic (exact) mass is 368 g/mol. The van der Waals surface area contributed by atoms with Gasteiger partial charge in [-0.15, -0.1) is 0 Å². The molecule has 1 amide bonds. The Labute approximate surface area is 159 Å². The molecule has 1 aromatic carbocycles. The highest BCUT2D eigenvalue weighted by molar-refractivity contribution is 5.92. The number of hydrogen-bond acceptors (Lipinski definition) is 4. The second-order valence-electron chi connectivity index (χ2n) is 6.71. The van der Waals surface area contributed by atoms with Gasteiger partial charge in [-0.3, -0.25) is 4.79 Å². The van der Waals surface area contributed by atoms with Crippen molar-refractivity contribution in [2.45, 2.75) is 38.5 Å². The highest BCUT2D eigenvalue weighted by Crippen LogP contribution is 2.19.